The van der Waals surface area contributed by atoms with E-state index in [1.807, 2.05) is 55.6 Å². The predicted octanol–water partition coefficient (Wildman–Crippen LogP) is 25.3. The summed E-state index contributed by atoms with van der Waals surface area (Å²) in [7, 11) is 0. The minimum Gasteiger partial charge on any atom is -0.440 e. The van der Waals surface area contributed by atoms with Crippen molar-refractivity contribution in [2.75, 3.05) is 0 Å². The fraction of sp³-hybridized carbons (Fsp3) is 0.450. The maximum Gasteiger partial charge on any atom is 0.223 e. The second kappa shape index (κ2) is 31.2. The zero-order chi connectivity index (χ0) is 69.8. The Kier molecular flexibility index (Phi) is 25.8. The van der Waals surface area contributed by atoms with Gasteiger partial charge in [-0.2, -0.15) is 4.98 Å². The van der Waals surface area contributed by atoms with Crippen LogP contribution in [-0.4, -0.2) is 40.0 Å². The molecule has 0 atom stereocenters. The van der Waals surface area contributed by atoms with Gasteiger partial charge in [0.25, 0.3) is 0 Å². The Morgan fingerprint density at radius 3 is 0.948 bits per heavy atom. The second-order valence-electron chi connectivity index (χ2n) is 31.5. The first-order chi connectivity index (χ1) is 43.3. The summed E-state index contributed by atoms with van der Waals surface area (Å²) in [5, 5.41) is 8.68. The maximum atomic E-state index is 12.9. The lowest BCUT2D eigenvalue weighted by atomic mass is 9.96. The number of aromatic nitrogens is 8. The number of oxazole rings is 2. The number of fused-ring (bicyclic) bond motifs is 6. The van der Waals surface area contributed by atoms with Gasteiger partial charge in [0.2, 0.25) is 17.7 Å². The lowest BCUT2D eigenvalue weighted by Gasteiger charge is -2.13. The first-order valence-corrected chi connectivity index (χ1v) is 35.3. The van der Waals surface area contributed by atoms with Crippen LogP contribution in [0.4, 0.5) is 4.39 Å². The third kappa shape index (κ3) is 22.2. The zero-order valence-corrected chi connectivity index (χ0v) is 64.0. The van der Waals surface area contributed by atoms with Gasteiger partial charge in [-0.1, -0.05) is 196 Å². The van der Waals surface area contributed by atoms with Gasteiger partial charge in [0.1, 0.15) is 16.9 Å². The first-order valence-electron chi connectivity index (χ1n) is 32.1. The molecule has 7 aromatic heterocycles. The minimum absolute atomic E-state index is 0. The van der Waals surface area contributed by atoms with E-state index in [1.165, 1.54) is 78.8 Å². The van der Waals surface area contributed by atoms with Gasteiger partial charge in [0.15, 0.2) is 17.0 Å². The molecule has 0 bridgehead atoms. The highest BCUT2D eigenvalue weighted by atomic mass is 32.1. The SMILES string of the molecule is C.C.CC(C)(C)c1nc2ccc(F)cc2o1.Cc1ccc2nc(C(C)(C)C)oc2c1.Cc1ccc2nc(C(C)(C)C)sc2c1.Cc1ccc2nc(C(C)(C)C)sc2c1.Cc1ccc2sc(C(C)(C)C)nc2c1.Cc1ccc2sc(C(C)(C)C)nc2c1.Cc1nc(C(C)(C)C)no1. The molecule has 13 aromatic rings. The summed E-state index contributed by atoms with van der Waals surface area (Å²) in [6.45, 7) is 57.3. The van der Waals surface area contributed by atoms with Gasteiger partial charge < -0.3 is 13.4 Å². The molecular weight excluding hydrogens is 1270 g/mol. The number of thiazole rings is 4. The van der Waals surface area contributed by atoms with E-state index in [1.54, 1.807) is 35.7 Å². The van der Waals surface area contributed by atoms with Crippen molar-refractivity contribution < 1.29 is 17.7 Å². The van der Waals surface area contributed by atoms with Gasteiger partial charge in [0.05, 0.1) is 60.9 Å². The fourth-order valence-corrected chi connectivity index (χ4v) is 12.8. The van der Waals surface area contributed by atoms with Crippen LogP contribution in [0.1, 0.15) is 232 Å². The van der Waals surface area contributed by atoms with Gasteiger partial charge >= 0.3 is 0 Å². The van der Waals surface area contributed by atoms with E-state index in [-0.39, 0.29) is 58.6 Å². The molecule has 11 nitrogen and oxygen atoms in total. The van der Waals surface area contributed by atoms with E-state index in [0.29, 0.717) is 22.9 Å². The molecule has 0 fully saturated rings. The molecule has 0 amide bonds. The van der Waals surface area contributed by atoms with Crippen molar-refractivity contribution in [2.45, 2.75) is 240 Å². The van der Waals surface area contributed by atoms with Crippen LogP contribution in [-0.2, 0) is 37.9 Å². The van der Waals surface area contributed by atoms with Crippen molar-refractivity contribution >= 4 is 108 Å². The highest BCUT2D eigenvalue weighted by Crippen LogP contribution is 2.36. The molecule has 0 spiro atoms. The van der Waals surface area contributed by atoms with Gasteiger partial charge in [-0.3, -0.25) is 0 Å². The molecule has 6 aromatic carbocycles. The molecule has 16 heteroatoms. The lowest BCUT2D eigenvalue weighted by Crippen LogP contribution is -2.13. The molecule has 96 heavy (non-hydrogen) atoms. The average Bonchev–Trinajstić information content (AvgIpc) is 1.98. The van der Waals surface area contributed by atoms with Crippen LogP contribution >= 0.6 is 45.3 Å². The van der Waals surface area contributed by atoms with E-state index in [2.05, 4.69) is 278 Å². The number of hydrogen-bond donors (Lipinski definition) is 0. The van der Waals surface area contributed by atoms with Crippen molar-refractivity contribution in [2.24, 2.45) is 0 Å². The standard InChI is InChI=1S/C12H15NO.4C12H15NS.C11H12FNO.C7H12N2O.2CH4/c1-8-5-6-9-10(7-8)14-11(13-9)12(2,3)4;2*1-8-5-6-10-9(7-8)13-11(14-10)12(2,3)4;2*1-8-5-6-9-10(7-8)14-11(13-9)12(2,3)4;1-11(2,3)10-13-8-5-4-7(12)6-9(8)14-10;1-5-8-6(9-10-5)7(2,3)4;;/h5*5-7H,1-4H3;4-6H,1-3H3;1-4H3;2*1H4. The van der Waals surface area contributed by atoms with Gasteiger partial charge in [-0.25, -0.2) is 34.3 Å². The van der Waals surface area contributed by atoms with Crippen molar-refractivity contribution in [3.05, 3.63) is 186 Å². The molecule has 0 N–H and O–H groups in total. The van der Waals surface area contributed by atoms with Crippen molar-refractivity contribution in [3.63, 3.8) is 0 Å². The summed E-state index contributed by atoms with van der Waals surface area (Å²) in [6, 6.07) is 36.3. The summed E-state index contributed by atoms with van der Waals surface area (Å²) < 4.78 is 34.0. The molecule has 7 heterocycles. The molecule has 0 aliphatic carbocycles. The van der Waals surface area contributed by atoms with Gasteiger partial charge in [0, 0.05) is 50.9 Å². The Labute approximate surface area is 588 Å². The summed E-state index contributed by atoms with van der Waals surface area (Å²) in [5.41, 5.74) is 14.5. The van der Waals surface area contributed by atoms with Crippen LogP contribution in [0, 0.1) is 47.4 Å². The van der Waals surface area contributed by atoms with Gasteiger partial charge in [-0.05, 0) is 135 Å². The quantitative estimate of drug-likeness (QED) is 0.143. The summed E-state index contributed by atoms with van der Waals surface area (Å²) in [4.78, 5) is 31.5. The van der Waals surface area contributed by atoms with E-state index in [0.717, 1.165) is 44.9 Å². The normalized spacial score (nSPS) is 12.0. The lowest BCUT2D eigenvalue weighted by molar-refractivity contribution is 0.375. The summed E-state index contributed by atoms with van der Waals surface area (Å²) in [5.74, 6) is 2.54. The molecule has 0 aliphatic rings. The number of benzene rings is 6. The third-order valence-corrected chi connectivity index (χ3v) is 19.9. The summed E-state index contributed by atoms with van der Waals surface area (Å²) in [6.07, 6.45) is 0. The number of rotatable bonds is 0. The average molecular weight is 1380 g/mol. The molecule has 0 radical (unpaired) electrons. The highest BCUT2D eigenvalue weighted by Gasteiger charge is 2.25. The monoisotopic (exact) mass is 1370 g/mol. The van der Waals surface area contributed by atoms with Crippen LogP contribution in [0.2, 0.25) is 0 Å². The van der Waals surface area contributed by atoms with Crippen LogP contribution in [0.15, 0.2) is 123 Å². The van der Waals surface area contributed by atoms with E-state index < -0.39 is 0 Å². The largest absolute Gasteiger partial charge is 0.440 e. The zero-order valence-electron chi connectivity index (χ0n) is 60.7. The molecule has 0 saturated heterocycles. The predicted molar refractivity (Wildman–Crippen MR) is 414 cm³/mol. The van der Waals surface area contributed by atoms with Crippen molar-refractivity contribution in [3.8, 4) is 0 Å². The van der Waals surface area contributed by atoms with E-state index in [9.17, 15) is 4.39 Å². The Bertz CT molecular complexity index is 3960. The Morgan fingerprint density at radius 1 is 0.302 bits per heavy atom. The smallest absolute Gasteiger partial charge is 0.223 e. The number of hydrogen-bond acceptors (Lipinski definition) is 15. The molecule has 516 valence electrons. The van der Waals surface area contributed by atoms with Crippen LogP contribution in [0.3, 0.4) is 0 Å². The van der Waals surface area contributed by atoms with Crippen LogP contribution in [0.25, 0.3) is 63.1 Å². The topological polar surface area (TPSA) is 143 Å². The Morgan fingerprint density at radius 2 is 0.615 bits per heavy atom. The van der Waals surface area contributed by atoms with E-state index in [4.69, 9.17) is 13.4 Å². The third-order valence-electron chi connectivity index (χ3n) is 14.1. The van der Waals surface area contributed by atoms with Gasteiger partial charge in [-0.15, -0.1) is 45.3 Å². The first kappa shape index (κ1) is 79.6. The van der Waals surface area contributed by atoms with Crippen molar-refractivity contribution in [1.82, 2.24) is 40.0 Å². The number of halogens is 1. The molecular formula is C80H107FN8O3S4. The maximum absolute atomic E-state index is 12.9. The number of aryl methyl sites for hydroxylation is 6. The Balaban J connectivity index is 0.000000202. The second-order valence-corrected chi connectivity index (χ2v) is 35.6. The summed E-state index contributed by atoms with van der Waals surface area (Å²) >= 11 is 7.22. The van der Waals surface area contributed by atoms with E-state index >= 15 is 0 Å². The van der Waals surface area contributed by atoms with Crippen LogP contribution < -0.4 is 0 Å². The minimum atomic E-state index is -0.297. The Hall–Kier alpha value is -7.11. The molecule has 0 saturated carbocycles. The number of nitrogens with zero attached hydrogens (tertiary/aromatic N) is 8. The molecule has 0 aliphatic heterocycles. The highest BCUT2D eigenvalue weighted by molar-refractivity contribution is 7.19. The molecule has 13 rings (SSSR count). The van der Waals surface area contributed by atoms with Crippen LogP contribution in [0.5, 0.6) is 0 Å². The van der Waals surface area contributed by atoms with Crippen molar-refractivity contribution in [1.29, 1.82) is 0 Å². The fourth-order valence-electron chi connectivity index (χ4n) is 8.60. The molecule has 0 unspecified atom stereocenters.